The molecule has 2 N–H and O–H groups in total. The topological polar surface area (TPSA) is 64.3 Å². The smallest absolute Gasteiger partial charge is 0.272 e. The summed E-state index contributed by atoms with van der Waals surface area (Å²) in [4.78, 5) is 18.0. The zero-order valence-corrected chi connectivity index (χ0v) is 17.3. The molecule has 3 fully saturated rings. The molecule has 0 radical (unpaired) electrons. The van der Waals surface area contributed by atoms with Crippen molar-refractivity contribution in [2.75, 3.05) is 36.5 Å². The number of aromatic nitrogens is 2. The van der Waals surface area contributed by atoms with E-state index in [0.29, 0.717) is 17.8 Å². The average molecular weight is 400 g/mol. The minimum absolute atomic E-state index is 0.0368. The maximum absolute atomic E-state index is 13.1. The first-order valence-electron chi connectivity index (χ1n) is 10.5. The van der Waals surface area contributed by atoms with Crippen LogP contribution in [-0.4, -0.2) is 70.8 Å². The maximum atomic E-state index is 13.1. The predicted octanol–water partition coefficient (Wildman–Crippen LogP) is 2.86. The molecule has 0 unspecified atom stereocenters. The number of nitrogens with one attached hydrogen (secondary N) is 2. The van der Waals surface area contributed by atoms with E-state index >= 15 is 0 Å². The van der Waals surface area contributed by atoms with Crippen molar-refractivity contribution in [3.63, 3.8) is 0 Å². The summed E-state index contributed by atoms with van der Waals surface area (Å²) in [6, 6.07) is 7.79. The number of carbonyl (C=O) groups is 1. The van der Waals surface area contributed by atoms with Crippen molar-refractivity contribution in [2.45, 2.75) is 50.2 Å². The summed E-state index contributed by atoms with van der Waals surface area (Å²) in [6.07, 6.45) is 5.93. The number of rotatable bonds is 3. The molecule has 4 heterocycles. The second-order valence-corrected chi connectivity index (χ2v) is 9.67. The molecule has 3 atom stereocenters. The van der Waals surface area contributed by atoms with Crippen molar-refractivity contribution in [1.82, 2.24) is 20.4 Å². The Balaban J connectivity index is 1.34. The van der Waals surface area contributed by atoms with E-state index in [0.717, 1.165) is 48.3 Å². The number of anilines is 1. The third-order valence-corrected chi connectivity index (χ3v) is 7.76. The van der Waals surface area contributed by atoms with Gasteiger partial charge in [-0.15, -0.1) is 0 Å². The van der Waals surface area contributed by atoms with E-state index in [1.807, 2.05) is 11.8 Å². The number of hydrogen-bond donors (Lipinski definition) is 2. The van der Waals surface area contributed by atoms with Crippen LogP contribution in [0.5, 0.6) is 0 Å². The summed E-state index contributed by atoms with van der Waals surface area (Å²) < 4.78 is 0. The molecule has 28 heavy (non-hydrogen) atoms. The van der Waals surface area contributed by atoms with Crippen LogP contribution >= 0.6 is 11.8 Å². The van der Waals surface area contributed by atoms with Crippen LogP contribution < -0.4 is 10.2 Å². The van der Waals surface area contributed by atoms with Gasteiger partial charge in [0, 0.05) is 53.8 Å². The number of benzene rings is 1. The SMILES string of the molecule is CN1[C@@H]2CCC[C@H]1C[C@@H](NC(=O)c1n[nH]c3ccc(N4CCSCC4)cc13)C2. The summed E-state index contributed by atoms with van der Waals surface area (Å²) in [5.74, 6) is 2.29. The molecule has 2 aromatic rings. The summed E-state index contributed by atoms with van der Waals surface area (Å²) in [5.41, 5.74) is 2.66. The Hall–Kier alpha value is -1.73. The number of hydrogen-bond acceptors (Lipinski definition) is 5. The van der Waals surface area contributed by atoms with Crippen LogP contribution in [0.25, 0.3) is 10.9 Å². The lowest BCUT2D eigenvalue weighted by Crippen LogP contribution is -2.55. The fourth-order valence-corrected chi connectivity index (χ4v) is 6.08. The van der Waals surface area contributed by atoms with Crippen molar-refractivity contribution in [3.8, 4) is 0 Å². The van der Waals surface area contributed by atoms with Gasteiger partial charge in [-0.05, 0) is 50.9 Å². The van der Waals surface area contributed by atoms with Crippen LogP contribution in [0.1, 0.15) is 42.6 Å². The van der Waals surface area contributed by atoms with Gasteiger partial charge in [0.2, 0.25) is 0 Å². The molecular formula is C21H29N5OS. The Kier molecular flexibility index (Phi) is 4.97. The number of amides is 1. The maximum Gasteiger partial charge on any atom is 0.272 e. The van der Waals surface area contributed by atoms with E-state index in [2.05, 4.69) is 50.6 Å². The largest absolute Gasteiger partial charge is 0.370 e. The van der Waals surface area contributed by atoms with Crippen LogP contribution in [0.15, 0.2) is 18.2 Å². The Bertz CT molecular complexity index is 848. The normalized spacial score (nSPS) is 28.5. The Labute approximate surface area is 170 Å². The molecule has 1 aromatic heterocycles. The van der Waals surface area contributed by atoms with Crippen molar-refractivity contribution in [1.29, 1.82) is 0 Å². The molecule has 0 saturated carbocycles. The number of carbonyl (C=O) groups excluding carboxylic acids is 1. The van der Waals surface area contributed by atoms with Gasteiger partial charge < -0.3 is 15.1 Å². The summed E-state index contributed by atoms with van der Waals surface area (Å²) >= 11 is 2.01. The van der Waals surface area contributed by atoms with Crippen LogP contribution in [0.3, 0.4) is 0 Å². The Morgan fingerprint density at radius 1 is 1.21 bits per heavy atom. The number of fused-ring (bicyclic) bond motifs is 3. The minimum atomic E-state index is -0.0368. The monoisotopic (exact) mass is 399 g/mol. The molecule has 2 bridgehead atoms. The van der Waals surface area contributed by atoms with Crippen molar-refractivity contribution in [2.24, 2.45) is 0 Å². The van der Waals surface area contributed by atoms with Crippen LogP contribution in [0.2, 0.25) is 0 Å². The van der Waals surface area contributed by atoms with Gasteiger partial charge in [0.15, 0.2) is 5.69 Å². The van der Waals surface area contributed by atoms with Crippen molar-refractivity contribution < 1.29 is 4.79 Å². The third-order valence-electron chi connectivity index (χ3n) is 6.81. The van der Waals surface area contributed by atoms with E-state index in [-0.39, 0.29) is 11.9 Å². The number of thioether (sulfide) groups is 1. The predicted molar refractivity (Wildman–Crippen MR) is 115 cm³/mol. The molecule has 3 aliphatic rings. The third kappa shape index (κ3) is 3.39. The lowest BCUT2D eigenvalue weighted by atomic mass is 9.82. The first-order chi connectivity index (χ1) is 13.7. The first kappa shape index (κ1) is 18.3. The lowest BCUT2D eigenvalue weighted by molar-refractivity contribution is 0.0462. The number of H-pyrrole nitrogens is 1. The van der Waals surface area contributed by atoms with Gasteiger partial charge in [-0.2, -0.15) is 16.9 Å². The van der Waals surface area contributed by atoms with Gasteiger partial charge in [-0.25, -0.2) is 0 Å². The van der Waals surface area contributed by atoms with Crippen LogP contribution in [0, 0.1) is 0 Å². The number of nitrogens with zero attached hydrogens (tertiary/aromatic N) is 3. The summed E-state index contributed by atoms with van der Waals surface area (Å²) in [7, 11) is 2.24. The van der Waals surface area contributed by atoms with E-state index in [1.54, 1.807) is 0 Å². The van der Waals surface area contributed by atoms with E-state index < -0.39 is 0 Å². The van der Waals surface area contributed by atoms with E-state index in [1.165, 1.54) is 24.9 Å². The highest BCUT2D eigenvalue weighted by Crippen LogP contribution is 2.33. The highest BCUT2D eigenvalue weighted by atomic mass is 32.2. The van der Waals surface area contributed by atoms with Gasteiger partial charge in [-0.1, -0.05) is 6.42 Å². The van der Waals surface area contributed by atoms with Gasteiger partial charge in [-0.3, -0.25) is 9.89 Å². The van der Waals surface area contributed by atoms with Crippen molar-refractivity contribution in [3.05, 3.63) is 23.9 Å². The molecule has 3 aliphatic heterocycles. The summed E-state index contributed by atoms with van der Waals surface area (Å²) in [6.45, 7) is 2.13. The van der Waals surface area contributed by atoms with Gasteiger partial charge in [0.25, 0.3) is 5.91 Å². The molecule has 3 saturated heterocycles. The lowest BCUT2D eigenvalue weighted by Gasteiger charge is -2.47. The molecule has 6 nitrogen and oxygen atoms in total. The fraction of sp³-hybridized carbons (Fsp3) is 0.619. The highest BCUT2D eigenvalue weighted by Gasteiger charge is 2.36. The zero-order valence-electron chi connectivity index (χ0n) is 16.5. The fourth-order valence-electron chi connectivity index (χ4n) is 5.18. The van der Waals surface area contributed by atoms with E-state index in [9.17, 15) is 4.79 Å². The highest BCUT2D eigenvalue weighted by molar-refractivity contribution is 7.99. The average Bonchev–Trinajstić information content (AvgIpc) is 3.13. The van der Waals surface area contributed by atoms with Gasteiger partial charge >= 0.3 is 0 Å². The molecule has 150 valence electrons. The Morgan fingerprint density at radius 3 is 2.71 bits per heavy atom. The number of piperidine rings is 2. The van der Waals surface area contributed by atoms with Crippen LogP contribution in [-0.2, 0) is 0 Å². The second kappa shape index (κ2) is 7.59. The second-order valence-electron chi connectivity index (χ2n) is 8.45. The molecule has 1 amide bonds. The van der Waals surface area contributed by atoms with Crippen LogP contribution in [0.4, 0.5) is 5.69 Å². The zero-order chi connectivity index (χ0) is 19.1. The minimum Gasteiger partial charge on any atom is -0.370 e. The van der Waals surface area contributed by atoms with E-state index in [4.69, 9.17) is 0 Å². The van der Waals surface area contributed by atoms with Gasteiger partial charge in [0.05, 0.1) is 5.52 Å². The summed E-state index contributed by atoms with van der Waals surface area (Å²) in [5, 5.41) is 11.6. The number of aromatic amines is 1. The van der Waals surface area contributed by atoms with Crippen molar-refractivity contribution >= 4 is 34.3 Å². The van der Waals surface area contributed by atoms with Gasteiger partial charge in [0.1, 0.15) is 0 Å². The molecule has 7 heteroatoms. The standard InChI is InChI=1S/C21H29N5OS/c1-25-15-3-2-4-16(25)12-14(11-15)22-21(27)20-18-13-17(5-6-19(18)23-24-20)26-7-9-28-10-8-26/h5-6,13-16H,2-4,7-12H2,1H3,(H,22,27)(H,23,24)/t14-,15+,16-. The molecule has 0 aliphatic carbocycles. The quantitative estimate of drug-likeness (QED) is 0.831. The Morgan fingerprint density at radius 2 is 1.96 bits per heavy atom. The molecule has 5 rings (SSSR count). The molecule has 1 aromatic carbocycles. The molecular weight excluding hydrogens is 370 g/mol. The first-order valence-corrected chi connectivity index (χ1v) is 11.7. The molecule has 0 spiro atoms.